The van der Waals surface area contributed by atoms with Crippen molar-refractivity contribution in [2.75, 3.05) is 0 Å². The van der Waals surface area contributed by atoms with Crippen LogP contribution in [0, 0.1) is 12.3 Å². The number of hydrogen-bond donors (Lipinski definition) is 1. The molecule has 1 fully saturated rings. The standard InChI is InChI=1S/C10H15N3O3S/c1-7-8(6-11-13(7)3)17(15,16)12-9(14)10(2)4-5-10/h6H,4-5H2,1-3H3,(H,12,14). The van der Waals surface area contributed by atoms with Gasteiger partial charge in [-0.25, -0.2) is 13.1 Å². The van der Waals surface area contributed by atoms with Gasteiger partial charge in [-0.15, -0.1) is 0 Å². The lowest BCUT2D eigenvalue weighted by molar-refractivity contribution is -0.123. The Bertz CT molecular complexity index is 570. The maximum Gasteiger partial charge on any atom is 0.267 e. The summed E-state index contributed by atoms with van der Waals surface area (Å²) in [6, 6.07) is 0. The third-order valence-electron chi connectivity index (χ3n) is 3.25. The van der Waals surface area contributed by atoms with Crippen molar-refractivity contribution in [3.05, 3.63) is 11.9 Å². The molecule has 0 unspecified atom stereocenters. The number of sulfonamides is 1. The van der Waals surface area contributed by atoms with Crippen LogP contribution in [0.15, 0.2) is 11.1 Å². The topological polar surface area (TPSA) is 81.1 Å². The van der Waals surface area contributed by atoms with E-state index >= 15 is 0 Å². The van der Waals surface area contributed by atoms with E-state index in [1.165, 1.54) is 10.9 Å². The van der Waals surface area contributed by atoms with Crippen LogP contribution in [-0.4, -0.2) is 24.1 Å². The molecule has 1 aromatic rings. The van der Waals surface area contributed by atoms with Crippen LogP contribution >= 0.6 is 0 Å². The minimum Gasteiger partial charge on any atom is -0.273 e. The average Bonchev–Trinajstić information content (AvgIpc) is 2.88. The number of nitrogens with zero attached hydrogens (tertiary/aromatic N) is 2. The number of nitrogens with one attached hydrogen (secondary N) is 1. The van der Waals surface area contributed by atoms with Gasteiger partial charge in [0.1, 0.15) is 4.90 Å². The Hall–Kier alpha value is -1.37. The SMILES string of the molecule is Cc1c(S(=O)(=O)NC(=O)C2(C)CC2)cnn1C. The molecule has 0 saturated heterocycles. The lowest BCUT2D eigenvalue weighted by Gasteiger charge is -2.10. The highest BCUT2D eigenvalue weighted by atomic mass is 32.2. The van der Waals surface area contributed by atoms with E-state index in [9.17, 15) is 13.2 Å². The number of aromatic nitrogens is 2. The molecule has 1 aliphatic rings. The van der Waals surface area contributed by atoms with Gasteiger partial charge >= 0.3 is 0 Å². The van der Waals surface area contributed by atoms with Gasteiger partial charge in [0.25, 0.3) is 10.0 Å². The molecule has 17 heavy (non-hydrogen) atoms. The Labute approximate surface area is 100 Å². The fraction of sp³-hybridized carbons (Fsp3) is 0.600. The average molecular weight is 257 g/mol. The highest BCUT2D eigenvalue weighted by molar-refractivity contribution is 7.90. The monoisotopic (exact) mass is 257 g/mol. The Kier molecular flexibility index (Phi) is 2.53. The zero-order chi connectivity index (χ0) is 12.8. The summed E-state index contributed by atoms with van der Waals surface area (Å²) < 4.78 is 27.5. The van der Waals surface area contributed by atoms with Crippen LogP contribution in [0.1, 0.15) is 25.5 Å². The lowest BCUT2D eigenvalue weighted by Crippen LogP contribution is -2.35. The van der Waals surface area contributed by atoms with Gasteiger partial charge in [-0.05, 0) is 19.8 Å². The van der Waals surface area contributed by atoms with Crippen LogP contribution in [0.3, 0.4) is 0 Å². The first-order chi connectivity index (χ1) is 7.76. The predicted molar refractivity (Wildman–Crippen MR) is 60.6 cm³/mol. The van der Waals surface area contributed by atoms with E-state index in [-0.39, 0.29) is 4.90 Å². The quantitative estimate of drug-likeness (QED) is 0.846. The smallest absolute Gasteiger partial charge is 0.267 e. The zero-order valence-corrected chi connectivity index (χ0v) is 10.8. The first kappa shape index (κ1) is 12.1. The van der Waals surface area contributed by atoms with Crippen LogP contribution < -0.4 is 4.72 Å². The minimum atomic E-state index is -3.80. The number of hydrogen-bond acceptors (Lipinski definition) is 4. The summed E-state index contributed by atoms with van der Waals surface area (Å²) in [4.78, 5) is 11.8. The van der Waals surface area contributed by atoms with Crippen molar-refractivity contribution >= 4 is 15.9 Å². The second-order valence-electron chi connectivity index (χ2n) is 4.71. The van der Waals surface area contributed by atoms with Crippen molar-refractivity contribution in [2.45, 2.75) is 31.6 Å². The molecule has 1 aliphatic carbocycles. The van der Waals surface area contributed by atoms with Gasteiger partial charge in [0.15, 0.2) is 0 Å². The molecule has 1 heterocycles. The molecule has 0 bridgehead atoms. The molecule has 0 aliphatic heterocycles. The van der Waals surface area contributed by atoms with Gasteiger partial charge in [-0.1, -0.05) is 6.92 Å². The molecule has 94 valence electrons. The van der Waals surface area contributed by atoms with E-state index in [0.29, 0.717) is 5.69 Å². The van der Waals surface area contributed by atoms with Gasteiger partial charge in [-0.3, -0.25) is 9.48 Å². The fourth-order valence-electron chi connectivity index (χ4n) is 1.46. The number of amides is 1. The number of carbonyl (C=O) groups is 1. The Morgan fingerprint density at radius 2 is 2.12 bits per heavy atom. The lowest BCUT2D eigenvalue weighted by atomic mass is 10.1. The third-order valence-corrected chi connectivity index (χ3v) is 4.69. The molecule has 0 atom stereocenters. The van der Waals surface area contributed by atoms with Crippen molar-refractivity contribution in [1.82, 2.24) is 14.5 Å². The molecule has 0 radical (unpaired) electrons. The molecule has 0 spiro atoms. The van der Waals surface area contributed by atoms with E-state index in [1.807, 2.05) is 0 Å². The van der Waals surface area contributed by atoms with E-state index in [4.69, 9.17) is 0 Å². The molecule has 1 amide bonds. The summed E-state index contributed by atoms with van der Waals surface area (Å²) in [6.07, 6.45) is 2.72. The van der Waals surface area contributed by atoms with Gasteiger partial charge < -0.3 is 0 Å². The largest absolute Gasteiger partial charge is 0.273 e. The van der Waals surface area contributed by atoms with Crippen LogP contribution in [0.5, 0.6) is 0 Å². The highest BCUT2D eigenvalue weighted by Gasteiger charge is 2.46. The number of carbonyl (C=O) groups excluding carboxylic acids is 1. The minimum absolute atomic E-state index is 0.0533. The van der Waals surface area contributed by atoms with E-state index in [1.54, 1.807) is 20.9 Å². The predicted octanol–water partition coefficient (Wildman–Crippen LogP) is 0.334. The summed E-state index contributed by atoms with van der Waals surface area (Å²) >= 11 is 0. The molecule has 6 nitrogen and oxygen atoms in total. The molecule has 0 aromatic carbocycles. The van der Waals surface area contributed by atoms with E-state index in [0.717, 1.165) is 12.8 Å². The van der Waals surface area contributed by atoms with Crippen molar-refractivity contribution in [2.24, 2.45) is 12.5 Å². The van der Waals surface area contributed by atoms with Gasteiger partial charge in [0.2, 0.25) is 5.91 Å². The second kappa shape index (κ2) is 3.56. The van der Waals surface area contributed by atoms with Gasteiger partial charge in [0.05, 0.1) is 11.9 Å². The summed E-state index contributed by atoms with van der Waals surface area (Å²) in [7, 11) is -2.14. The molecule has 1 N–H and O–H groups in total. The van der Waals surface area contributed by atoms with Crippen LogP contribution in [0.4, 0.5) is 0 Å². The highest BCUT2D eigenvalue weighted by Crippen LogP contribution is 2.45. The fourth-order valence-corrected chi connectivity index (χ4v) is 2.76. The van der Waals surface area contributed by atoms with Crippen LogP contribution in [0.25, 0.3) is 0 Å². The number of aryl methyl sites for hydroxylation is 1. The normalized spacial score (nSPS) is 17.8. The number of rotatable bonds is 3. The third kappa shape index (κ3) is 2.06. The summed E-state index contributed by atoms with van der Waals surface area (Å²) in [6.45, 7) is 3.40. The Morgan fingerprint density at radius 1 is 1.53 bits per heavy atom. The van der Waals surface area contributed by atoms with Crippen molar-refractivity contribution in [1.29, 1.82) is 0 Å². The molecular formula is C10H15N3O3S. The van der Waals surface area contributed by atoms with Crippen LogP contribution in [-0.2, 0) is 21.9 Å². The maximum absolute atomic E-state index is 12.0. The van der Waals surface area contributed by atoms with E-state index in [2.05, 4.69) is 9.82 Å². The summed E-state index contributed by atoms with van der Waals surface area (Å²) in [5.41, 5.74) is -0.00494. The van der Waals surface area contributed by atoms with Gasteiger partial charge in [-0.2, -0.15) is 5.10 Å². The maximum atomic E-state index is 12.0. The molecule has 1 aromatic heterocycles. The van der Waals surface area contributed by atoms with Crippen molar-refractivity contribution in [3.8, 4) is 0 Å². The molecule has 2 rings (SSSR count). The Morgan fingerprint density at radius 3 is 2.53 bits per heavy atom. The van der Waals surface area contributed by atoms with E-state index < -0.39 is 21.3 Å². The molecule has 7 heteroatoms. The summed E-state index contributed by atoms with van der Waals surface area (Å²) in [5, 5.41) is 3.85. The van der Waals surface area contributed by atoms with Crippen molar-refractivity contribution < 1.29 is 13.2 Å². The van der Waals surface area contributed by atoms with Gasteiger partial charge in [0, 0.05) is 12.5 Å². The zero-order valence-electron chi connectivity index (χ0n) is 10.0. The summed E-state index contributed by atoms with van der Waals surface area (Å²) in [5.74, 6) is -0.430. The van der Waals surface area contributed by atoms with Crippen LogP contribution in [0.2, 0.25) is 0 Å². The first-order valence-corrected chi connectivity index (χ1v) is 6.80. The molecular weight excluding hydrogens is 242 g/mol. The molecule has 1 saturated carbocycles. The van der Waals surface area contributed by atoms with Crippen molar-refractivity contribution in [3.63, 3.8) is 0 Å². The first-order valence-electron chi connectivity index (χ1n) is 5.32. The second-order valence-corrected chi connectivity index (χ2v) is 6.36. The Balaban J connectivity index is 2.25.